The van der Waals surface area contributed by atoms with E-state index in [2.05, 4.69) is 10.3 Å². The Kier molecular flexibility index (Phi) is 3.39. The summed E-state index contributed by atoms with van der Waals surface area (Å²) in [4.78, 5) is 15.1. The highest BCUT2D eigenvalue weighted by atomic mass is 32.1. The maximum atomic E-state index is 10.8. The van der Waals surface area contributed by atoms with Crippen molar-refractivity contribution in [3.8, 4) is 0 Å². The lowest BCUT2D eigenvalue weighted by Crippen LogP contribution is -2.02. The van der Waals surface area contributed by atoms with Gasteiger partial charge in [-0.2, -0.15) is 0 Å². The molecule has 0 unspecified atom stereocenters. The van der Waals surface area contributed by atoms with Gasteiger partial charge in [0.25, 0.3) is 0 Å². The van der Waals surface area contributed by atoms with E-state index in [1.54, 1.807) is 29.5 Å². The fourth-order valence-corrected chi connectivity index (χ4v) is 2.06. The second-order valence-electron chi connectivity index (χ2n) is 3.60. The van der Waals surface area contributed by atoms with Gasteiger partial charge in [-0.25, -0.2) is 9.78 Å². The molecule has 1 aromatic heterocycles. The Morgan fingerprint density at radius 1 is 1.53 bits per heavy atom. The molecule has 0 saturated carbocycles. The van der Waals surface area contributed by atoms with E-state index in [0.717, 1.165) is 16.4 Å². The summed E-state index contributed by atoms with van der Waals surface area (Å²) < 4.78 is 0. The first-order chi connectivity index (χ1) is 8.15. The lowest BCUT2D eigenvalue weighted by Gasteiger charge is -2.05. The minimum absolute atomic E-state index is 0.282. The first-order valence-electron chi connectivity index (χ1n) is 5.13. The number of hydrogen-bond donors (Lipinski definition) is 2. The average molecular weight is 248 g/mol. The molecule has 0 fully saturated rings. The molecular formula is C12H12N2O2S. The fourth-order valence-electron chi connectivity index (χ4n) is 1.44. The number of anilines is 1. The van der Waals surface area contributed by atoms with Crippen LogP contribution in [0.15, 0.2) is 29.6 Å². The Labute approximate surface area is 103 Å². The summed E-state index contributed by atoms with van der Waals surface area (Å²) in [6, 6.07) is 6.74. The molecule has 0 radical (unpaired) electrons. The Bertz CT molecular complexity index is 537. The van der Waals surface area contributed by atoms with Gasteiger partial charge in [-0.3, -0.25) is 0 Å². The van der Waals surface area contributed by atoms with Crippen LogP contribution in [0.4, 0.5) is 5.69 Å². The van der Waals surface area contributed by atoms with Gasteiger partial charge in [0.05, 0.1) is 22.8 Å². The third kappa shape index (κ3) is 3.04. The fraction of sp³-hybridized carbons (Fsp3) is 0.167. The van der Waals surface area contributed by atoms with Crippen molar-refractivity contribution in [2.75, 3.05) is 5.32 Å². The lowest BCUT2D eigenvalue weighted by atomic mass is 10.2. The van der Waals surface area contributed by atoms with E-state index in [1.807, 2.05) is 18.4 Å². The van der Waals surface area contributed by atoms with Crippen LogP contribution < -0.4 is 5.32 Å². The normalized spacial score (nSPS) is 10.2. The molecule has 1 aromatic carbocycles. The number of nitrogens with zero attached hydrogens (tertiary/aromatic N) is 1. The van der Waals surface area contributed by atoms with Crippen LogP contribution in [0.25, 0.3) is 0 Å². The highest BCUT2D eigenvalue weighted by Gasteiger charge is 2.03. The molecule has 4 nitrogen and oxygen atoms in total. The van der Waals surface area contributed by atoms with Crippen molar-refractivity contribution in [1.29, 1.82) is 0 Å². The number of rotatable bonds is 4. The number of hydrogen-bond acceptors (Lipinski definition) is 4. The summed E-state index contributed by atoms with van der Waals surface area (Å²) in [6.07, 6.45) is 0. The van der Waals surface area contributed by atoms with Gasteiger partial charge in [0.2, 0.25) is 0 Å². The summed E-state index contributed by atoms with van der Waals surface area (Å²) in [5.41, 5.74) is 2.04. The largest absolute Gasteiger partial charge is 0.478 e. The number of thiazole rings is 1. The minimum atomic E-state index is -0.918. The van der Waals surface area contributed by atoms with Crippen molar-refractivity contribution < 1.29 is 9.90 Å². The Hall–Kier alpha value is -1.88. The van der Waals surface area contributed by atoms with Gasteiger partial charge >= 0.3 is 5.97 Å². The van der Waals surface area contributed by atoms with E-state index < -0.39 is 5.97 Å². The van der Waals surface area contributed by atoms with Crippen LogP contribution in [0.1, 0.15) is 21.1 Å². The van der Waals surface area contributed by atoms with E-state index in [9.17, 15) is 4.79 Å². The first kappa shape index (κ1) is 11.6. The Morgan fingerprint density at radius 3 is 3.00 bits per heavy atom. The van der Waals surface area contributed by atoms with Gasteiger partial charge in [-0.15, -0.1) is 11.3 Å². The van der Waals surface area contributed by atoms with Gasteiger partial charge < -0.3 is 10.4 Å². The first-order valence-corrected chi connectivity index (χ1v) is 6.01. The molecule has 0 atom stereocenters. The third-order valence-corrected chi connectivity index (χ3v) is 3.07. The second-order valence-corrected chi connectivity index (χ2v) is 4.66. The van der Waals surface area contributed by atoms with Crippen molar-refractivity contribution >= 4 is 23.0 Å². The molecule has 0 aliphatic rings. The van der Waals surface area contributed by atoms with Crippen molar-refractivity contribution in [2.24, 2.45) is 0 Å². The SMILES string of the molecule is Cc1nc(CNc2cccc(C(=O)O)c2)cs1. The van der Waals surface area contributed by atoms with Gasteiger partial charge in [0.1, 0.15) is 0 Å². The van der Waals surface area contributed by atoms with Crippen LogP contribution >= 0.6 is 11.3 Å². The van der Waals surface area contributed by atoms with Crippen LogP contribution in [0.2, 0.25) is 0 Å². The topological polar surface area (TPSA) is 62.2 Å². The van der Waals surface area contributed by atoms with Crippen molar-refractivity contribution in [3.63, 3.8) is 0 Å². The maximum Gasteiger partial charge on any atom is 0.335 e. The number of aromatic carboxylic acids is 1. The number of carbonyl (C=O) groups is 1. The summed E-state index contributed by atoms with van der Waals surface area (Å²) in [5.74, 6) is -0.918. The van der Waals surface area contributed by atoms with E-state index in [-0.39, 0.29) is 5.56 Å². The van der Waals surface area contributed by atoms with Gasteiger partial charge in [0, 0.05) is 11.1 Å². The van der Waals surface area contributed by atoms with Crippen LogP contribution in [-0.4, -0.2) is 16.1 Å². The van der Waals surface area contributed by atoms with Gasteiger partial charge in [-0.1, -0.05) is 6.07 Å². The molecule has 2 aromatic rings. The summed E-state index contributed by atoms with van der Waals surface area (Å²) in [5, 5.41) is 15.0. The van der Waals surface area contributed by atoms with E-state index in [0.29, 0.717) is 6.54 Å². The van der Waals surface area contributed by atoms with Crippen LogP contribution in [-0.2, 0) is 6.54 Å². The highest BCUT2D eigenvalue weighted by Crippen LogP contribution is 2.13. The molecule has 0 amide bonds. The predicted molar refractivity (Wildman–Crippen MR) is 67.6 cm³/mol. The Balaban J connectivity index is 2.04. The second kappa shape index (κ2) is 4.97. The van der Waals surface area contributed by atoms with E-state index in [1.165, 1.54) is 0 Å². The minimum Gasteiger partial charge on any atom is -0.478 e. The molecule has 0 aliphatic heterocycles. The van der Waals surface area contributed by atoms with Gasteiger partial charge in [-0.05, 0) is 25.1 Å². The smallest absolute Gasteiger partial charge is 0.335 e. The number of carboxylic acid groups (broad SMARTS) is 1. The zero-order chi connectivity index (χ0) is 12.3. The molecule has 0 spiro atoms. The van der Waals surface area contributed by atoms with Crippen LogP contribution in [0.3, 0.4) is 0 Å². The van der Waals surface area contributed by atoms with Crippen LogP contribution in [0, 0.1) is 6.92 Å². The monoisotopic (exact) mass is 248 g/mol. The molecule has 2 N–H and O–H groups in total. The number of benzene rings is 1. The number of aromatic nitrogens is 1. The summed E-state index contributed by atoms with van der Waals surface area (Å²) in [7, 11) is 0. The van der Waals surface area contributed by atoms with Crippen molar-refractivity contribution in [1.82, 2.24) is 4.98 Å². The Morgan fingerprint density at radius 2 is 2.35 bits per heavy atom. The highest BCUT2D eigenvalue weighted by molar-refractivity contribution is 7.09. The van der Waals surface area contributed by atoms with Crippen molar-refractivity contribution in [2.45, 2.75) is 13.5 Å². The molecule has 1 heterocycles. The molecule has 17 heavy (non-hydrogen) atoms. The number of carboxylic acids is 1. The summed E-state index contributed by atoms with van der Waals surface area (Å²) in [6.45, 7) is 2.56. The third-order valence-electron chi connectivity index (χ3n) is 2.25. The molecule has 88 valence electrons. The van der Waals surface area contributed by atoms with Crippen molar-refractivity contribution in [3.05, 3.63) is 45.9 Å². The quantitative estimate of drug-likeness (QED) is 0.873. The lowest BCUT2D eigenvalue weighted by molar-refractivity contribution is 0.0697. The molecule has 2 rings (SSSR count). The van der Waals surface area contributed by atoms with Crippen LogP contribution in [0.5, 0.6) is 0 Å². The van der Waals surface area contributed by atoms with Gasteiger partial charge in [0.15, 0.2) is 0 Å². The molecule has 0 saturated heterocycles. The molecule has 0 bridgehead atoms. The maximum absolute atomic E-state index is 10.8. The number of aryl methyl sites for hydroxylation is 1. The average Bonchev–Trinajstić information content (AvgIpc) is 2.73. The zero-order valence-electron chi connectivity index (χ0n) is 9.30. The molecule has 5 heteroatoms. The molecular weight excluding hydrogens is 236 g/mol. The summed E-state index contributed by atoms with van der Waals surface area (Å²) >= 11 is 1.60. The molecule has 0 aliphatic carbocycles. The zero-order valence-corrected chi connectivity index (χ0v) is 10.1. The van der Waals surface area contributed by atoms with E-state index >= 15 is 0 Å². The predicted octanol–water partition coefficient (Wildman–Crippen LogP) is 2.76. The number of nitrogens with one attached hydrogen (secondary N) is 1. The van der Waals surface area contributed by atoms with E-state index in [4.69, 9.17) is 5.11 Å². The standard InChI is InChI=1S/C12H12N2O2S/c1-8-14-11(7-17-8)6-13-10-4-2-3-9(5-10)12(15)16/h2-5,7,13H,6H2,1H3,(H,15,16).